The van der Waals surface area contributed by atoms with Crippen LogP contribution in [0.15, 0.2) is 41.6 Å². The van der Waals surface area contributed by atoms with Crippen molar-refractivity contribution < 1.29 is 13.2 Å². The molecular formula is C12H10F3N3O. The fourth-order valence-corrected chi connectivity index (χ4v) is 1.56. The summed E-state index contributed by atoms with van der Waals surface area (Å²) >= 11 is 0. The Hall–Kier alpha value is -2.15. The molecule has 0 unspecified atom stereocenters. The summed E-state index contributed by atoms with van der Waals surface area (Å²) in [6.07, 6.45) is -1.68. The maximum Gasteiger partial charge on any atom is 0.416 e. The summed E-state index contributed by atoms with van der Waals surface area (Å²) in [5.41, 5.74) is 4.97. The van der Waals surface area contributed by atoms with Gasteiger partial charge in [-0.1, -0.05) is 0 Å². The standard InChI is InChI=1S/C12H10F3N3O/c13-12(14,15)9-1-3-10(4-2-9)18-6-8(5-16)11(19)17-7-18/h1-4,6-7H,5,16H2. The number of halogens is 3. The molecule has 0 spiro atoms. The Morgan fingerprint density at radius 3 is 2.37 bits per heavy atom. The van der Waals surface area contributed by atoms with E-state index < -0.39 is 17.3 Å². The molecule has 19 heavy (non-hydrogen) atoms. The lowest BCUT2D eigenvalue weighted by atomic mass is 10.2. The van der Waals surface area contributed by atoms with Gasteiger partial charge in [-0.2, -0.15) is 18.2 Å². The van der Waals surface area contributed by atoms with Gasteiger partial charge in [-0.05, 0) is 24.3 Å². The molecule has 0 aliphatic heterocycles. The predicted octanol–water partition coefficient (Wildman–Crippen LogP) is 1.71. The molecule has 1 aromatic heterocycles. The van der Waals surface area contributed by atoms with Crippen molar-refractivity contribution in [3.05, 3.63) is 58.3 Å². The highest BCUT2D eigenvalue weighted by atomic mass is 19.4. The first-order chi connectivity index (χ1) is 8.91. The average Bonchev–Trinajstić information content (AvgIpc) is 2.38. The van der Waals surface area contributed by atoms with E-state index in [1.165, 1.54) is 29.2 Å². The molecule has 0 aliphatic rings. The van der Waals surface area contributed by atoms with E-state index in [0.29, 0.717) is 11.3 Å². The molecule has 7 heteroatoms. The van der Waals surface area contributed by atoms with E-state index in [0.717, 1.165) is 12.1 Å². The lowest BCUT2D eigenvalue weighted by Crippen LogP contribution is -2.18. The molecule has 2 N–H and O–H groups in total. The summed E-state index contributed by atoms with van der Waals surface area (Å²) in [5.74, 6) is 0. The number of nitrogens with two attached hydrogens (primary N) is 1. The molecule has 0 bridgehead atoms. The van der Waals surface area contributed by atoms with Crippen molar-refractivity contribution in [1.29, 1.82) is 0 Å². The Kier molecular flexibility index (Phi) is 3.39. The number of aromatic nitrogens is 2. The normalized spacial score (nSPS) is 11.6. The Bertz CT molecular complexity index is 632. The van der Waals surface area contributed by atoms with Gasteiger partial charge >= 0.3 is 6.18 Å². The quantitative estimate of drug-likeness (QED) is 0.902. The molecule has 0 amide bonds. The topological polar surface area (TPSA) is 60.9 Å². The van der Waals surface area contributed by atoms with Crippen molar-refractivity contribution >= 4 is 0 Å². The third-order valence-corrected chi connectivity index (χ3v) is 2.58. The summed E-state index contributed by atoms with van der Waals surface area (Å²) in [6.45, 7) is 0.0211. The minimum Gasteiger partial charge on any atom is -0.326 e. The SMILES string of the molecule is NCc1cn(-c2ccc(C(F)(F)F)cc2)cnc1=O. The molecule has 0 radical (unpaired) electrons. The predicted molar refractivity (Wildman–Crippen MR) is 62.7 cm³/mol. The summed E-state index contributed by atoms with van der Waals surface area (Å²) < 4.78 is 38.7. The van der Waals surface area contributed by atoms with Crippen LogP contribution in [-0.2, 0) is 12.7 Å². The van der Waals surface area contributed by atoms with Gasteiger partial charge in [0, 0.05) is 24.0 Å². The van der Waals surface area contributed by atoms with Crippen LogP contribution < -0.4 is 11.3 Å². The van der Waals surface area contributed by atoms with Crippen molar-refractivity contribution in [2.45, 2.75) is 12.7 Å². The van der Waals surface area contributed by atoms with E-state index in [4.69, 9.17) is 5.73 Å². The van der Waals surface area contributed by atoms with Crippen molar-refractivity contribution in [1.82, 2.24) is 9.55 Å². The van der Waals surface area contributed by atoms with Crippen molar-refractivity contribution in [2.24, 2.45) is 5.73 Å². The number of alkyl halides is 3. The fourth-order valence-electron chi connectivity index (χ4n) is 1.56. The Morgan fingerprint density at radius 1 is 1.21 bits per heavy atom. The molecule has 4 nitrogen and oxygen atoms in total. The molecule has 0 saturated heterocycles. The van der Waals surface area contributed by atoms with E-state index in [1.807, 2.05) is 0 Å². The number of nitrogens with zero attached hydrogens (tertiary/aromatic N) is 2. The van der Waals surface area contributed by atoms with E-state index >= 15 is 0 Å². The fraction of sp³-hybridized carbons (Fsp3) is 0.167. The van der Waals surface area contributed by atoms with Gasteiger partial charge in [0.25, 0.3) is 5.56 Å². The van der Waals surface area contributed by atoms with E-state index in [1.54, 1.807) is 0 Å². The molecule has 2 aromatic rings. The zero-order chi connectivity index (χ0) is 14.0. The monoisotopic (exact) mass is 269 g/mol. The average molecular weight is 269 g/mol. The van der Waals surface area contributed by atoms with Crippen LogP contribution in [-0.4, -0.2) is 9.55 Å². The molecule has 100 valence electrons. The van der Waals surface area contributed by atoms with Crippen molar-refractivity contribution in [3.8, 4) is 5.69 Å². The van der Waals surface area contributed by atoms with Gasteiger partial charge in [0.15, 0.2) is 0 Å². The zero-order valence-corrected chi connectivity index (χ0v) is 9.69. The molecule has 0 aliphatic carbocycles. The Labute approximate surface area is 106 Å². The van der Waals surface area contributed by atoms with Crippen LogP contribution in [0, 0.1) is 0 Å². The second kappa shape index (κ2) is 4.85. The third-order valence-electron chi connectivity index (χ3n) is 2.58. The first kappa shape index (κ1) is 13.3. The first-order valence-corrected chi connectivity index (χ1v) is 5.36. The number of hydrogen-bond donors (Lipinski definition) is 1. The molecule has 2 rings (SSSR count). The van der Waals surface area contributed by atoms with Crippen molar-refractivity contribution in [3.63, 3.8) is 0 Å². The first-order valence-electron chi connectivity index (χ1n) is 5.36. The van der Waals surface area contributed by atoms with E-state index in [2.05, 4.69) is 4.98 Å². The van der Waals surface area contributed by atoms with Crippen LogP contribution in [0.25, 0.3) is 5.69 Å². The lowest BCUT2D eigenvalue weighted by Gasteiger charge is -2.10. The van der Waals surface area contributed by atoms with Gasteiger partial charge < -0.3 is 10.3 Å². The van der Waals surface area contributed by atoms with Crippen LogP contribution in [0.1, 0.15) is 11.1 Å². The second-order valence-electron chi connectivity index (χ2n) is 3.86. The minimum absolute atomic E-state index is 0.0211. The van der Waals surface area contributed by atoms with E-state index in [-0.39, 0.29) is 6.54 Å². The molecule has 1 heterocycles. The number of rotatable bonds is 2. The van der Waals surface area contributed by atoms with Crippen LogP contribution in [0.2, 0.25) is 0 Å². The maximum atomic E-state index is 12.4. The largest absolute Gasteiger partial charge is 0.416 e. The summed E-state index contributed by atoms with van der Waals surface area (Å²) in [5, 5.41) is 0. The van der Waals surface area contributed by atoms with Crippen LogP contribution in [0.3, 0.4) is 0 Å². The van der Waals surface area contributed by atoms with Crippen LogP contribution in [0.5, 0.6) is 0 Å². The lowest BCUT2D eigenvalue weighted by molar-refractivity contribution is -0.137. The van der Waals surface area contributed by atoms with E-state index in [9.17, 15) is 18.0 Å². The van der Waals surface area contributed by atoms with Crippen LogP contribution >= 0.6 is 0 Å². The second-order valence-corrected chi connectivity index (χ2v) is 3.86. The smallest absolute Gasteiger partial charge is 0.326 e. The summed E-state index contributed by atoms with van der Waals surface area (Å²) in [4.78, 5) is 14.9. The molecule has 0 saturated carbocycles. The van der Waals surface area contributed by atoms with Gasteiger partial charge in [-0.25, -0.2) is 0 Å². The van der Waals surface area contributed by atoms with Gasteiger partial charge in [-0.3, -0.25) is 4.79 Å². The van der Waals surface area contributed by atoms with Crippen LogP contribution in [0.4, 0.5) is 13.2 Å². The van der Waals surface area contributed by atoms with Gasteiger partial charge in [0.2, 0.25) is 0 Å². The van der Waals surface area contributed by atoms with Gasteiger partial charge in [0.1, 0.15) is 6.33 Å². The highest BCUT2D eigenvalue weighted by Crippen LogP contribution is 2.29. The highest BCUT2D eigenvalue weighted by Gasteiger charge is 2.29. The number of benzene rings is 1. The van der Waals surface area contributed by atoms with Gasteiger partial charge in [0.05, 0.1) is 5.56 Å². The summed E-state index contributed by atoms with van der Waals surface area (Å²) in [6, 6.07) is 4.54. The minimum atomic E-state index is -4.37. The molecule has 0 fully saturated rings. The van der Waals surface area contributed by atoms with Crippen molar-refractivity contribution in [2.75, 3.05) is 0 Å². The molecule has 0 atom stereocenters. The maximum absolute atomic E-state index is 12.4. The molecular weight excluding hydrogens is 259 g/mol. The third kappa shape index (κ3) is 2.82. The molecule has 1 aromatic carbocycles. The summed E-state index contributed by atoms with van der Waals surface area (Å²) in [7, 11) is 0. The Balaban J connectivity index is 2.40. The Morgan fingerprint density at radius 2 is 1.84 bits per heavy atom. The highest BCUT2D eigenvalue weighted by molar-refractivity contribution is 5.36. The van der Waals surface area contributed by atoms with Gasteiger partial charge in [-0.15, -0.1) is 0 Å². The zero-order valence-electron chi connectivity index (χ0n) is 9.69. The number of hydrogen-bond acceptors (Lipinski definition) is 3.